The molecule has 0 spiro atoms. The van der Waals surface area contributed by atoms with Crippen LogP contribution in [0, 0.1) is 0 Å². The van der Waals surface area contributed by atoms with E-state index >= 15 is 0 Å². The second kappa shape index (κ2) is 56.4. The topological polar surface area (TPSA) is 78.9 Å². The van der Waals surface area contributed by atoms with E-state index in [1.54, 1.807) is 6.08 Å². The molecular weight excluding hydrogens is 841 g/mol. The Bertz CT molecular complexity index is 1270. The minimum atomic E-state index is -0.826. The molecule has 0 N–H and O–H groups in total. The second-order valence-electron chi connectivity index (χ2n) is 19.2. The number of rotatable bonds is 52. The first-order valence-electron chi connectivity index (χ1n) is 28.9. The molecule has 0 amide bonds. The lowest BCUT2D eigenvalue weighted by Crippen LogP contribution is -2.30. The summed E-state index contributed by atoms with van der Waals surface area (Å²) < 4.78 is 16.7. The van der Waals surface area contributed by atoms with Gasteiger partial charge < -0.3 is 14.2 Å². The van der Waals surface area contributed by atoms with Crippen molar-refractivity contribution in [3.05, 3.63) is 72.9 Å². The van der Waals surface area contributed by atoms with E-state index in [1.807, 2.05) is 6.08 Å². The number of allylic oxidation sites excluding steroid dienone is 11. The van der Waals surface area contributed by atoms with E-state index in [1.165, 1.54) is 173 Å². The van der Waals surface area contributed by atoms with Crippen LogP contribution in [0.25, 0.3) is 0 Å². The quantitative estimate of drug-likeness (QED) is 0.0262. The predicted molar refractivity (Wildman–Crippen MR) is 293 cm³/mol. The predicted octanol–water partition coefficient (Wildman–Crippen LogP) is 19.4. The van der Waals surface area contributed by atoms with Gasteiger partial charge in [-0.2, -0.15) is 0 Å². The number of unbranched alkanes of at least 4 members (excludes halogenated alkanes) is 30. The molecular formula is C62H108O6. The number of hydrogen-bond donors (Lipinski definition) is 0. The van der Waals surface area contributed by atoms with Crippen molar-refractivity contribution in [1.29, 1.82) is 0 Å². The van der Waals surface area contributed by atoms with Gasteiger partial charge in [0.1, 0.15) is 13.2 Å². The van der Waals surface area contributed by atoms with Crippen LogP contribution in [-0.2, 0) is 28.6 Å². The van der Waals surface area contributed by atoms with Crippen LogP contribution in [0.2, 0.25) is 0 Å². The maximum absolute atomic E-state index is 12.7. The zero-order valence-electron chi connectivity index (χ0n) is 44.9. The van der Waals surface area contributed by atoms with Gasteiger partial charge in [0.15, 0.2) is 6.10 Å². The van der Waals surface area contributed by atoms with Crippen LogP contribution in [-0.4, -0.2) is 37.2 Å². The van der Waals surface area contributed by atoms with Crippen molar-refractivity contribution in [2.75, 3.05) is 13.2 Å². The first-order chi connectivity index (χ1) is 33.5. The average Bonchev–Trinajstić information content (AvgIpc) is 3.34. The van der Waals surface area contributed by atoms with Gasteiger partial charge in [0, 0.05) is 12.8 Å². The van der Waals surface area contributed by atoms with E-state index in [0.29, 0.717) is 12.8 Å². The second-order valence-corrected chi connectivity index (χ2v) is 19.2. The molecule has 6 heteroatoms. The summed E-state index contributed by atoms with van der Waals surface area (Å²) in [5, 5.41) is 0. The normalized spacial score (nSPS) is 12.6. The molecule has 1 unspecified atom stereocenters. The Morgan fingerprint density at radius 3 is 0.956 bits per heavy atom. The zero-order valence-corrected chi connectivity index (χ0v) is 44.9. The Labute approximate surface area is 421 Å². The van der Waals surface area contributed by atoms with Gasteiger partial charge in [-0.3, -0.25) is 14.4 Å². The molecule has 0 bridgehead atoms. The average molecular weight is 950 g/mol. The lowest BCUT2D eigenvalue weighted by atomic mass is 10.0. The van der Waals surface area contributed by atoms with Crippen molar-refractivity contribution in [3.63, 3.8) is 0 Å². The molecule has 6 nitrogen and oxygen atoms in total. The third-order valence-corrected chi connectivity index (χ3v) is 12.5. The van der Waals surface area contributed by atoms with E-state index in [4.69, 9.17) is 14.2 Å². The Morgan fingerprint density at radius 1 is 0.324 bits per heavy atom. The van der Waals surface area contributed by atoms with E-state index in [2.05, 4.69) is 81.5 Å². The molecule has 0 aliphatic carbocycles. The number of ether oxygens (including phenoxy) is 3. The molecule has 0 aromatic carbocycles. The summed E-state index contributed by atoms with van der Waals surface area (Å²) in [7, 11) is 0. The molecule has 0 aliphatic rings. The fraction of sp³-hybridized carbons (Fsp3) is 0.758. The van der Waals surface area contributed by atoms with Crippen LogP contribution in [0.15, 0.2) is 72.9 Å². The SMILES string of the molecule is CC/C=C\C/C=C\C/C=C\C/C=C\C/C=C\CC(=O)OC(COC(=O)CCCCCCCCCC)COC(=O)CCCCCCCCCCCCCCCCC/C=C\CCCCCCCCCC. The maximum Gasteiger partial charge on any atom is 0.310 e. The highest BCUT2D eigenvalue weighted by Gasteiger charge is 2.19. The number of carbonyl (C=O) groups excluding carboxylic acids is 3. The summed E-state index contributed by atoms with van der Waals surface area (Å²) in [6.45, 7) is 6.43. The summed E-state index contributed by atoms with van der Waals surface area (Å²) in [5.41, 5.74) is 0. The first kappa shape index (κ1) is 64.8. The van der Waals surface area contributed by atoms with Crippen molar-refractivity contribution in [1.82, 2.24) is 0 Å². The third-order valence-electron chi connectivity index (χ3n) is 12.5. The van der Waals surface area contributed by atoms with Crippen LogP contribution in [0.5, 0.6) is 0 Å². The lowest BCUT2D eigenvalue weighted by molar-refractivity contribution is -0.166. The van der Waals surface area contributed by atoms with E-state index in [-0.39, 0.29) is 31.6 Å². The molecule has 0 heterocycles. The third kappa shape index (κ3) is 53.8. The molecule has 0 saturated carbocycles. The smallest absolute Gasteiger partial charge is 0.310 e. The van der Waals surface area contributed by atoms with Crippen LogP contribution < -0.4 is 0 Å². The Morgan fingerprint density at radius 2 is 0.618 bits per heavy atom. The van der Waals surface area contributed by atoms with Crippen LogP contribution in [0.4, 0.5) is 0 Å². The number of carbonyl (C=O) groups is 3. The Balaban J connectivity index is 4.19. The lowest BCUT2D eigenvalue weighted by Gasteiger charge is -2.18. The van der Waals surface area contributed by atoms with Gasteiger partial charge in [-0.15, -0.1) is 0 Å². The molecule has 0 aromatic heterocycles. The molecule has 1 atom stereocenters. The molecule has 68 heavy (non-hydrogen) atoms. The summed E-state index contributed by atoms with van der Waals surface area (Å²) in [4.78, 5) is 37.9. The molecule has 0 rings (SSSR count). The Kier molecular flexibility index (Phi) is 53.8. The van der Waals surface area contributed by atoms with Crippen molar-refractivity contribution in [3.8, 4) is 0 Å². The van der Waals surface area contributed by atoms with Crippen LogP contribution >= 0.6 is 0 Å². The van der Waals surface area contributed by atoms with E-state index in [9.17, 15) is 14.4 Å². The van der Waals surface area contributed by atoms with Crippen molar-refractivity contribution < 1.29 is 28.6 Å². The summed E-state index contributed by atoms with van der Waals surface area (Å²) in [6.07, 6.45) is 72.4. The maximum atomic E-state index is 12.7. The zero-order chi connectivity index (χ0) is 49.3. The Hall–Kier alpha value is -3.15. The van der Waals surface area contributed by atoms with Gasteiger partial charge in [-0.25, -0.2) is 0 Å². The minimum Gasteiger partial charge on any atom is -0.462 e. The molecule has 392 valence electrons. The van der Waals surface area contributed by atoms with Gasteiger partial charge >= 0.3 is 17.9 Å². The van der Waals surface area contributed by atoms with E-state index < -0.39 is 12.1 Å². The van der Waals surface area contributed by atoms with Crippen LogP contribution in [0.1, 0.15) is 284 Å². The number of esters is 3. The van der Waals surface area contributed by atoms with Gasteiger partial charge in [-0.1, -0.05) is 267 Å². The van der Waals surface area contributed by atoms with Crippen LogP contribution in [0.3, 0.4) is 0 Å². The fourth-order valence-corrected chi connectivity index (χ4v) is 8.16. The van der Waals surface area contributed by atoms with Gasteiger partial charge in [0.05, 0.1) is 6.42 Å². The van der Waals surface area contributed by atoms with E-state index in [0.717, 1.165) is 70.6 Å². The van der Waals surface area contributed by atoms with Crippen molar-refractivity contribution in [2.45, 2.75) is 290 Å². The highest BCUT2D eigenvalue weighted by molar-refractivity contribution is 5.72. The minimum absolute atomic E-state index is 0.0994. The van der Waals surface area contributed by atoms with Gasteiger partial charge in [0.25, 0.3) is 0 Å². The monoisotopic (exact) mass is 949 g/mol. The molecule has 0 aliphatic heterocycles. The van der Waals surface area contributed by atoms with Crippen molar-refractivity contribution >= 4 is 17.9 Å². The standard InChI is InChI=1S/C62H108O6/c1-4-7-10-13-16-19-21-23-25-26-27-28-29-30-31-32-33-34-35-36-38-39-41-43-46-49-52-55-61(64)67-58-59(57-66-60(63)54-51-48-45-18-15-12-9-6-3)68-62(65)56-53-50-47-44-42-40-37-24-22-20-17-14-11-8-5-2/h8,11,17,20,24,26-27,37,42,44,50,53,59H,4-7,9-10,12-16,18-19,21-23,25,28-36,38-41,43,45-49,51-52,54-58H2,1-3H3/b11-8-,20-17-,27-26-,37-24-,44-42-,53-50-. The molecule has 0 saturated heterocycles. The summed E-state index contributed by atoms with van der Waals surface area (Å²) >= 11 is 0. The summed E-state index contributed by atoms with van der Waals surface area (Å²) in [6, 6.07) is 0. The van der Waals surface area contributed by atoms with Gasteiger partial charge in [-0.05, 0) is 70.6 Å². The molecule has 0 aromatic rings. The largest absolute Gasteiger partial charge is 0.462 e. The van der Waals surface area contributed by atoms with Crippen molar-refractivity contribution in [2.24, 2.45) is 0 Å². The highest BCUT2D eigenvalue weighted by Crippen LogP contribution is 2.16. The molecule has 0 radical (unpaired) electrons. The number of hydrogen-bond acceptors (Lipinski definition) is 6. The first-order valence-corrected chi connectivity index (χ1v) is 28.9. The summed E-state index contributed by atoms with van der Waals surface area (Å²) in [5.74, 6) is -1.04. The van der Waals surface area contributed by atoms with Gasteiger partial charge in [0.2, 0.25) is 0 Å². The highest BCUT2D eigenvalue weighted by atomic mass is 16.6. The molecule has 0 fully saturated rings. The fourth-order valence-electron chi connectivity index (χ4n) is 8.16.